The zero-order valence-electron chi connectivity index (χ0n) is 16.9. The minimum Gasteiger partial charge on any atom is -0.484 e. The van der Waals surface area contributed by atoms with Crippen molar-refractivity contribution >= 4 is 27.7 Å². The molecule has 0 saturated carbocycles. The maximum atomic E-state index is 13.6. The molecule has 1 aromatic carbocycles. The van der Waals surface area contributed by atoms with E-state index in [1.807, 2.05) is 18.2 Å². The summed E-state index contributed by atoms with van der Waals surface area (Å²) in [6, 6.07) is 7.60. The van der Waals surface area contributed by atoms with Crippen molar-refractivity contribution in [2.75, 3.05) is 13.1 Å². The molecule has 1 fully saturated rings. The molecule has 31 heavy (non-hydrogen) atoms. The molecule has 3 aromatic rings. The minimum absolute atomic E-state index is 0.155. The summed E-state index contributed by atoms with van der Waals surface area (Å²) in [5.41, 5.74) is 1.67. The molecule has 0 aliphatic carbocycles. The third kappa shape index (κ3) is 3.09. The molecule has 0 atom stereocenters. The van der Waals surface area contributed by atoms with Crippen molar-refractivity contribution in [1.29, 1.82) is 0 Å². The quantitative estimate of drug-likeness (QED) is 0.601. The predicted octanol–water partition coefficient (Wildman–Crippen LogP) is 2.33. The molecule has 158 valence electrons. The van der Waals surface area contributed by atoms with Gasteiger partial charge >= 0.3 is 0 Å². The molecule has 1 saturated heterocycles. The van der Waals surface area contributed by atoms with Gasteiger partial charge < -0.3 is 15.0 Å². The Morgan fingerprint density at radius 2 is 2.13 bits per heavy atom. The van der Waals surface area contributed by atoms with E-state index in [1.54, 1.807) is 35.7 Å². The van der Waals surface area contributed by atoms with Crippen molar-refractivity contribution < 1.29 is 14.3 Å². The van der Waals surface area contributed by atoms with Crippen molar-refractivity contribution in [3.63, 3.8) is 0 Å². The van der Waals surface area contributed by atoms with Gasteiger partial charge in [0.2, 0.25) is 5.91 Å². The Bertz CT molecular complexity index is 1210. The second-order valence-electron chi connectivity index (χ2n) is 7.87. The normalized spacial score (nSPS) is 16.7. The second kappa shape index (κ2) is 7.16. The smallest absolute Gasteiger partial charge is 0.279 e. The summed E-state index contributed by atoms with van der Waals surface area (Å²) in [7, 11) is 0. The molecule has 0 spiro atoms. The monoisotopic (exact) mass is 482 g/mol. The standard InChI is InChI=1S/C21H19BrN6O3/c1-21(2)20(30)24-7-8-27(21)19(29)16-18-17(28(26-16)15-5-6-23-11-25-15)14-9-13(22)4-3-12(14)10-31-18/h3-6,9,11H,7-8,10H2,1-2H3,(H,24,30). The van der Waals surface area contributed by atoms with Crippen LogP contribution in [0.15, 0.2) is 41.3 Å². The Labute approximate surface area is 186 Å². The highest BCUT2D eigenvalue weighted by molar-refractivity contribution is 9.10. The van der Waals surface area contributed by atoms with Crippen LogP contribution in [0.4, 0.5) is 0 Å². The molecule has 1 N–H and O–H groups in total. The van der Waals surface area contributed by atoms with Crippen molar-refractivity contribution in [3.05, 3.63) is 52.5 Å². The summed E-state index contributed by atoms with van der Waals surface area (Å²) in [4.78, 5) is 35.8. The van der Waals surface area contributed by atoms with Crippen LogP contribution in [0.25, 0.3) is 17.1 Å². The molecule has 2 aliphatic heterocycles. The summed E-state index contributed by atoms with van der Waals surface area (Å²) in [6.45, 7) is 4.53. The van der Waals surface area contributed by atoms with E-state index in [9.17, 15) is 9.59 Å². The molecule has 9 nitrogen and oxygen atoms in total. The summed E-state index contributed by atoms with van der Waals surface area (Å²) >= 11 is 3.53. The highest BCUT2D eigenvalue weighted by Gasteiger charge is 2.43. The summed E-state index contributed by atoms with van der Waals surface area (Å²) < 4.78 is 8.54. The average molecular weight is 483 g/mol. The topological polar surface area (TPSA) is 102 Å². The summed E-state index contributed by atoms with van der Waals surface area (Å²) in [5, 5.41) is 7.43. The molecule has 0 bridgehead atoms. The fourth-order valence-corrected chi connectivity index (χ4v) is 4.28. The predicted molar refractivity (Wildman–Crippen MR) is 115 cm³/mol. The van der Waals surface area contributed by atoms with Crippen LogP contribution in [0.1, 0.15) is 29.9 Å². The molecular weight excluding hydrogens is 464 g/mol. The van der Waals surface area contributed by atoms with Gasteiger partial charge in [-0.3, -0.25) is 9.59 Å². The van der Waals surface area contributed by atoms with E-state index in [2.05, 4.69) is 36.3 Å². The van der Waals surface area contributed by atoms with Crippen LogP contribution in [-0.2, 0) is 11.4 Å². The van der Waals surface area contributed by atoms with Crippen LogP contribution >= 0.6 is 15.9 Å². The molecule has 4 heterocycles. The van der Waals surface area contributed by atoms with Gasteiger partial charge in [-0.15, -0.1) is 0 Å². The maximum absolute atomic E-state index is 13.6. The van der Waals surface area contributed by atoms with Gasteiger partial charge in [-0.2, -0.15) is 5.10 Å². The number of nitrogens with one attached hydrogen (secondary N) is 1. The van der Waals surface area contributed by atoms with Crippen LogP contribution in [-0.4, -0.2) is 55.1 Å². The van der Waals surface area contributed by atoms with Gasteiger partial charge in [-0.1, -0.05) is 22.0 Å². The molecule has 2 amide bonds. The number of halogens is 1. The lowest BCUT2D eigenvalue weighted by Crippen LogP contribution is -2.63. The van der Waals surface area contributed by atoms with E-state index < -0.39 is 5.54 Å². The number of hydrogen-bond donors (Lipinski definition) is 1. The van der Waals surface area contributed by atoms with Crippen LogP contribution in [0, 0.1) is 0 Å². The highest BCUT2D eigenvalue weighted by Crippen LogP contribution is 2.42. The number of aromatic nitrogens is 4. The van der Waals surface area contributed by atoms with Crippen LogP contribution in [0.2, 0.25) is 0 Å². The van der Waals surface area contributed by atoms with Crippen molar-refractivity contribution in [2.24, 2.45) is 0 Å². The van der Waals surface area contributed by atoms with E-state index in [-0.39, 0.29) is 17.5 Å². The number of ether oxygens (including phenoxy) is 1. The van der Waals surface area contributed by atoms with E-state index in [0.717, 1.165) is 15.6 Å². The van der Waals surface area contributed by atoms with Gasteiger partial charge in [-0.25, -0.2) is 14.6 Å². The van der Waals surface area contributed by atoms with Crippen LogP contribution in [0.5, 0.6) is 5.75 Å². The number of fused-ring (bicyclic) bond motifs is 3. The summed E-state index contributed by atoms with van der Waals surface area (Å²) in [5.74, 6) is 0.335. The zero-order chi connectivity index (χ0) is 21.8. The number of piperazine rings is 1. The van der Waals surface area contributed by atoms with Crippen molar-refractivity contribution in [1.82, 2.24) is 30.0 Å². The fraction of sp³-hybridized carbons (Fsp3) is 0.286. The zero-order valence-corrected chi connectivity index (χ0v) is 18.5. The lowest BCUT2D eigenvalue weighted by molar-refractivity contribution is -0.133. The van der Waals surface area contributed by atoms with E-state index in [1.165, 1.54) is 6.33 Å². The number of carbonyl (C=O) groups is 2. The number of nitrogens with zero attached hydrogens (tertiary/aromatic N) is 5. The van der Waals surface area contributed by atoms with Gasteiger partial charge in [0.05, 0.1) is 0 Å². The summed E-state index contributed by atoms with van der Waals surface area (Å²) in [6.07, 6.45) is 3.04. The molecule has 0 unspecified atom stereocenters. The Morgan fingerprint density at radius 3 is 2.90 bits per heavy atom. The number of benzene rings is 1. The second-order valence-corrected chi connectivity index (χ2v) is 8.78. The van der Waals surface area contributed by atoms with E-state index >= 15 is 0 Å². The van der Waals surface area contributed by atoms with E-state index in [0.29, 0.717) is 37.0 Å². The molecule has 0 radical (unpaired) electrons. The SMILES string of the molecule is CC1(C)C(=O)NCCN1C(=O)c1nn(-c2ccncn2)c2c1OCc1ccc(Br)cc1-2. The molecular formula is C21H19BrN6O3. The first-order chi connectivity index (χ1) is 14.9. The lowest BCUT2D eigenvalue weighted by atomic mass is 9.97. The third-order valence-electron chi connectivity index (χ3n) is 5.62. The number of hydrogen-bond acceptors (Lipinski definition) is 6. The Morgan fingerprint density at radius 1 is 1.29 bits per heavy atom. The Hall–Kier alpha value is -3.27. The van der Waals surface area contributed by atoms with E-state index in [4.69, 9.17) is 4.74 Å². The molecule has 2 aliphatic rings. The van der Waals surface area contributed by atoms with Gasteiger partial charge in [0.15, 0.2) is 17.3 Å². The number of rotatable bonds is 2. The van der Waals surface area contributed by atoms with Gasteiger partial charge in [0, 0.05) is 35.4 Å². The lowest BCUT2D eigenvalue weighted by Gasteiger charge is -2.40. The van der Waals surface area contributed by atoms with Gasteiger partial charge in [-0.05, 0) is 31.5 Å². The largest absolute Gasteiger partial charge is 0.484 e. The first-order valence-electron chi connectivity index (χ1n) is 9.79. The Balaban J connectivity index is 1.71. The molecule has 10 heteroatoms. The average Bonchev–Trinajstić information content (AvgIpc) is 3.16. The third-order valence-corrected chi connectivity index (χ3v) is 6.12. The first kappa shape index (κ1) is 19.7. The van der Waals surface area contributed by atoms with Gasteiger partial charge in [0.1, 0.15) is 24.2 Å². The van der Waals surface area contributed by atoms with Gasteiger partial charge in [0.25, 0.3) is 5.91 Å². The van der Waals surface area contributed by atoms with Crippen LogP contribution in [0.3, 0.4) is 0 Å². The van der Waals surface area contributed by atoms with Crippen molar-refractivity contribution in [3.8, 4) is 22.8 Å². The number of amides is 2. The Kier molecular flexibility index (Phi) is 4.54. The highest BCUT2D eigenvalue weighted by atomic mass is 79.9. The molecule has 5 rings (SSSR count). The maximum Gasteiger partial charge on any atom is 0.279 e. The van der Waals surface area contributed by atoms with Crippen molar-refractivity contribution in [2.45, 2.75) is 26.0 Å². The minimum atomic E-state index is -1.00. The number of carbonyl (C=O) groups excluding carboxylic acids is 2. The molecule has 2 aromatic heterocycles. The first-order valence-corrected chi connectivity index (χ1v) is 10.6. The fourth-order valence-electron chi connectivity index (χ4n) is 3.92. The van der Waals surface area contributed by atoms with Crippen LogP contribution < -0.4 is 10.1 Å².